The summed E-state index contributed by atoms with van der Waals surface area (Å²) in [7, 11) is 1.91. The number of nitrogens with zero attached hydrogens (tertiary/aromatic N) is 8. The smallest absolute Gasteiger partial charge is 0.237 e. The van der Waals surface area contributed by atoms with E-state index in [2.05, 4.69) is 21.6 Å². The first-order valence-corrected chi connectivity index (χ1v) is 16.8. The third-order valence-electron chi connectivity index (χ3n) is 8.96. The molecule has 5 aromatic rings. The molecule has 2 saturated heterocycles. The number of anilines is 3. The van der Waals surface area contributed by atoms with Gasteiger partial charge in [-0.15, -0.1) is 0 Å². The first-order valence-electron chi connectivity index (χ1n) is 16.0. The van der Waals surface area contributed by atoms with E-state index < -0.39 is 6.10 Å². The third-order valence-corrected chi connectivity index (χ3v) is 9.99. The number of fused-ring (bicyclic) bond motifs is 1. The van der Waals surface area contributed by atoms with Gasteiger partial charge in [-0.05, 0) is 62.1 Å². The summed E-state index contributed by atoms with van der Waals surface area (Å²) in [4.78, 5) is 36.1. The predicted octanol–water partition coefficient (Wildman–Crippen LogP) is 4.06. The highest BCUT2D eigenvalue weighted by Gasteiger charge is 2.30. The van der Waals surface area contributed by atoms with Crippen LogP contribution in [-0.4, -0.2) is 80.2 Å². The second-order valence-corrected chi connectivity index (χ2v) is 13.1. The Morgan fingerprint density at radius 3 is 2.52 bits per heavy atom. The molecule has 2 fully saturated rings. The summed E-state index contributed by atoms with van der Waals surface area (Å²) in [6.45, 7) is 3.97. The highest BCUT2D eigenvalue weighted by atomic mass is 32.1. The Morgan fingerprint density at radius 1 is 1.12 bits per heavy atom. The number of aliphatic hydroxyl groups is 1. The van der Waals surface area contributed by atoms with Crippen LogP contribution in [0.15, 0.2) is 55.0 Å². The van der Waals surface area contributed by atoms with Crippen LogP contribution in [0.2, 0.25) is 0 Å². The van der Waals surface area contributed by atoms with E-state index in [-0.39, 0.29) is 23.8 Å². The molecule has 1 amide bonds. The molecule has 14 heteroatoms. The van der Waals surface area contributed by atoms with Crippen molar-refractivity contribution in [3.8, 4) is 28.5 Å². The number of aliphatic hydroxyl groups excluding tert-OH is 1. The van der Waals surface area contributed by atoms with Crippen LogP contribution in [0, 0.1) is 17.1 Å². The van der Waals surface area contributed by atoms with E-state index in [0.717, 1.165) is 54.2 Å². The zero-order chi connectivity index (χ0) is 33.4. The van der Waals surface area contributed by atoms with E-state index in [1.54, 1.807) is 12.1 Å². The minimum absolute atomic E-state index is 0.0470. The van der Waals surface area contributed by atoms with Gasteiger partial charge in [0, 0.05) is 68.0 Å². The molecule has 12 nitrogen and oxygen atoms in total. The zero-order valence-electron chi connectivity index (χ0n) is 26.6. The Bertz CT molecular complexity index is 1980. The Morgan fingerprint density at radius 2 is 1.85 bits per heavy atom. The van der Waals surface area contributed by atoms with Gasteiger partial charge in [0.1, 0.15) is 33.9 Å². The Labute approximate surface area is 280 Å². The van der Waals surface area contributed by atoms with Gasteiger partial charge in [0.2, 0.25) is 11.9 Å². The molecule has 246 valence electrons. The molecule has 0 spiro atoms. The van der Waals surface area contributed by atoms with Crippen LogP contribution >= 0.6 is 11.3 Å². The van der Waals surface area contributed by atoms with Crippen LogP contribution in [0.3, 0.4) is 0 Å². The van der Waals surface area contributed by atoms with Gasteiger partial charge in [-0.2, -0.15) is 5.26 Å². The number of halogens is 1. The van der Waals surface area contributed by atoms with E-state index in [1.807, 2.05) is 54.0 Å². The van der Waals surface area contributed by atoms with Crippen molar-refractivity contribution in [2.75, 3.05) is 36.5 Å². The first-order chi connectivity index (χ1) is 23.3. The van der Waals surface area contributed by atoms with Crippen molar-refractivity contribution in [1.82, 2.24) is 35.0 Å². The van der Waals surface area contributed by atoms with E-state index in [4.69, 9.17) is 19.9 Å². The number of carbonyl (C=O) groups excluding carboxylic acids is 1. The Balaban J connectivity index is 1.08. The number of nitriles is 1. The number of hydrogen-bond acceptors (Lipinski definition) is 11. The van der Waals surface area contributed by atoms with Crippen molar-refractivity contribution in [3.05, 3.63) is 71.4 Å². The lowest BCUT2D eigenvalue weighted by Gasteiger charge is -2.32. The molecular formula is C34H35FN10O2S. The fraction of sp³-hybridized carbons (Fsp3) is 0.353. The molecule has 7 rings (SSSR count). The summed E-state index contributed by atoms with van der Waals surface area (Å²) in [6, 6.07) is 12.0. The number of β-amino-alcohol motifs (C(OH)–C–C–N with tert-alkyl or cyclic N) is 1. The lowest BCUT2D eigenvalue weighted by atomic mass is 10.0. The monoisotopic (exact) mass is 666 g/mol. The van der Waals surface area contributed by atoms with E-state index >= 15 is 0 Å². The molecule has 0 radical (unpaired) electrons. The summed E-state index contributed by atoms with van der Waals surface area (Å²) in [5.41, 5.74) is 4.63. The number of aryl methyl sites for hydroxylation is 1. The van der Waals surface area contributed by atoms with Gasteiger partial charge < -0.3 is 25.5 Å². The van der Waals surface area contributed by atoms with Crippen LogP contribution in [0.4, 0.5) is 21.3 Å². The highest BCUT2D eigenvalue weighted by Crippen LogP contribution is 2.37. The van der Waals surface area contributed by atoms with Crippen LogP contribution in [-0.2, 0) is 11.2 Å². The minimum Gasteiger partial charge on any atom is -0.392 e. The van der Waals surface area contributed by atoms with Crippen LogP contribution in [0.25, 0.3) is 28.0 Å². The van der Waals surface area contributed by atoms with Crippen molar-refractivity contribution < 1.29 is 14.3 Å². The second-order valence-electron chi connectivity index (χ2n) is 12.1. The second kappa shape index (κ2) is 13.3. The molecular weight excluding hydrogens is 632 g/mol. The number of hydrogen-bond donors (Lipinski definition) is 3. The highest BCUT2D eigenvalue weighted by molar-refractivity contribution is 7.16. The fourth-order valence-corrected chi connectivity index (χ4v) is 7.19. The minimum atomic E-state index is -0.465. The maximum atomic E-state index is 13.6. The summed E-state index contributed by atoms with van der Waals surface area (Å²) in [6.07, 6.45) is 7.92. The molecule has 0 saturated carbocycles. The van der Waals surface area contributed by atoms with Gasteiger partial charge in [-0.1, -0.05) is 18.3 Å². The third kappa shape index (κ3) is 6.19. The maximum absolute atomic E-state index is 13.6. The average molecular weight is 667 g/mol. The predicted molar refractivity (Wildman–Crippen MR) is 182 cm³/mol. The number of amides is 1. The van der Waals surface area contributed by atoms with Gasteiger partial charge in [0.25, 0.3) is 0 Å². The molecule has 4 aromatic heterocycles. The number of thiazole rings is 1. The lowest BCUT2D eigenvalue weighted by molar-refractivity contribution is -0.123. The lowest BCUT2D eigenvalue weighted by Crippen LogP contribution is -2.49. The molecule has 48 heavy (non-hydrogen) atoms. The summed E-state index contributed by atoms with van der Waals surface area (Å²) in [5, 5.41) is 26.4. The van der Waals surface area contributed by atoms with Crippen LogP contribution in [0.1, 0.15) is 36.8 Å². The van der Waals surface area contributed by atoms with Crippen molar-refractivity contribution in [1.29, 1.82) is 5.26 Å². The summed E-state index contributed by atoms with van der Waals surface area (Å²) in [5.74, 6) is 1.09. The standard InChI is InChI=1S/C34H35FN10O2S/c1-3-26-32(43(2)34-42-30(28(15-36)48-34)20-4-7-23(35)8-5-20)45-19-21(6-9-29(45)41-26)22-16-38-33(39-17-22)44-12-10-24(11-13-44)40-31(47)27-14-25(46)18-37-27/h4-9,16-17,19,24-25,27,37,46H,3,10-14,18H2,1-2H3,(H,40,47)/t25-,27+/m0/s1. The van der Waals surface area contributed by atoms with Gasteiger partial charge in [0.05, 0.1) is 17.8 Å². The first kappa shape index (κ1) is 31.6. The quantitative estimate of drug-likeness (QED) is 0.222. The van der Waals surface area contributed by atoms with Gasteiger partial charge >= 0.3 is 0 Å². The van der Waals surface area contributed by atoms with Crippen LogP contribution in [0.5, 0.6) is 0 Å². The average Bonchev–Trinajstić information content (AvgIpc) is 3.85. The number of carbonyl (C=O) groups is 1. The molecule has 2 aliphatic rings. The fourth-order valence-electron chi connectivity index (χ4n) is 6.34. The molecule has 1 aromatic carbocycles. The van der Waals surface area contributed by atoms with Gasteiger partial charge in [-0.3, -0.25) is 9.20 Å². The summed E-state index contributed by atoms with van der Waals surface area (Å²) < 4.78 is 15.6. The van der Waals surface area contributed by atoms with Crippen LogP contribution < -0.4 is 20.4 Å². The SMILES string of the molecule is CCc1nc2ccc(-c3cnc(N4CCC(NC(=O)[C@H]5C[C@H](O)CN5)CC4)nc3)cn2c1N(C)c1nc(-c2ccc(F)cc2)c(C#N)s1. The maximum Gasteiger partial charge on any atom is 0.237 e. The molecule has 6 heterocycles. The number of nitrogens with one attached hydrogen (secondary N) is 2. The topological polar surface area (TPSA) is 148 Å². The molecule has 0 aliphatic carbocycles. The molecule has 0 bridgehead atoms. The zero-order valence-corrected chi connectivity index (χ0v) is 27.4. The summed E-state index contributed by atoms with van der Waals surface area (Å²) >= 11 is 1.28. The van der Waals surface area contributed by atoms with Gasteiger partial charge in [-0.25, -0.2) is 24.3 Å². The van der Waals surface area contributed by atoms with Crippen molar-refractivity contribution >= 4 is 39.8 Å². The van der Waals surface area contributed by atoms with Crippen molar-refractivity contribution in [2.24, 2.45) is 0 Å². The number of imidazole rings is 1. The van der Waals surface area contributed by atoms with E-state index in [0.29, 0.717) is 46.6 Å². The Hall–Kier alpha value is -4.97. The molecule has 2 atom stereocenters. The molecule has 0 unspecified atom stereocenters. The largest absolute Gasteiger partial charge is 0.392 e. The normalized spacial score (nSPS) is 18.3. The van der Waals surface area contributed by atoms with E-state index in [1.165, 1.54) is 23.5 Å². The van der Waals surface area contributed by atoms with Crippen molar-refractivity contribution in [2.45, 2.75) is 50.8 Å². The number of aromatic nitrogens is 5. The Kier molecular flexibility index (Phi) is 8.74. The number of pyridine rings is 1. The number of benzene rings is 1. The van der Waals surface area contributed by atoms with Gasteiger partial charge in [0.15, 0.2) is 5.13 Å². The van der Waals surface area contributed by atoms with Crippen molar-refractivity contribution in [3.63, 3.8) is 0 Å². The number of rotatable bonds is 8. The van der Waals surface area contributed by atoms with E-state index in [9.17, 15) is 19.6 Å². The molecule has 3 N–H and O–H groups in total. The number of piperidine rings is 1. The molecule has 2 aliphatic heterocycles.